The third kappa shape index (κ3) is 4.65. The molecule has 2 aromatic heterocycles. The highest BCUT2D eigenvalue weighted by atomic mass is 16.5. The molecule has 1 aliphatic rings. The van der Waals surface area contributed by atoms with Crippen molar-refractivity contribution in [1.29, 1.82) is 0 Å². The number of hydrogen-bond acceptors (Lipinski definition) is 4. The number of carbonyl (C=O) groups excluding carboxylic acids is 1. The van der Waals surface area contributed by atoms with Crippen LogP contribution in [0, 0.1) is 0 Å². The van der Waals surface area contributed by atoms with Gasteiger partial charge in [0.1, 0.15) is 17.5 Å². The third-order valence-corrected chi connectivity index (χ3v) is 6.67. The molecule has 4 nitrogen and oxygen atoms in total. The summed E-state index contributed by atoms with van der Waals surface area (Å²) < 4.78 is 6.15. The predicted octanol–water partition coefficient (Wildman–Crippen LogP) is 6.30. The molecule has 2 aromatic carbocycles. The van der Waals surface area contributed by atoms with Gasteiger partial charge in [0.15, 0.2) is 0 Å². The van der Waals surface area contributed by atoms with Crippen molar-refractivity contribution < 1.29 is 9.53 Å². The SMILES string of the molecule is CC(Oc1cccc2ncccc12)C(=O)B1CCC(=C(c2ccccc2)c2cccnc2)CC1. The molecule has 1 atom stereocenters. The molecule has 0 aliphatic carbocycles. The first-order valence-corrected chi connectivity index (χ1v) is 11.9. The smallest absolute Gasteiger partial charge is 0.229 e. The highest BCUT2D eigenvalue weighted by Gasteiger charge is 2.32. The van der Waals surface area contributed by atoms with Crippen molar-refractivity contribution >= 4 is 28.9 Å². The number of fused-ring (bicyclic) bond motifs is 1. The lowest BCUT2D eigenvalue weighted by molar-refractivity contribution is -0.118. The van der Waals surface area contributed by atoms with Gasteiger partial charge in [-0.25, -0.2) is 0 Å². The van der Waals surface area contributed by atoms with Crippen LogP contribution >= 0.6 is 0 Å². The first-order chi connectivity index (χ1) is 16.7. The van der Waals surface area contributed by atoms with E-state index in [4.69, 9.17) is 4.74 Å². The molecule has 34 heavy (non-hydrogen) atoms. The topological polar surface area (TPSA) is 52.1 Å². The minimum atomic E-state index is -0.492. The summed E-state index contributed by atoms with van der Waals surface area (Å²) in [4.78, 5) is 22.0. The number of pyridine rings is 2. The molecule has 0 bridgehead atoms. The minimum Gasteiger partial charge on any atom is -0.483 e. The summed E-state index contributed by atoms with van der Waals surface area (Å²) in [6.07, 6.45) is 8.50. The maximum absolute atomic E-state index is 13.3. The van der Waals surface area contributed by atoms with E-state index >= 15 is 0 Å². The van der Waals surface area contributed by atoms with Gasteiger partial charge >= 0.3 is 0 Å². The summed E-state index contributed by atoms with van der Waals surface area (Å²) >= 11 is 0. The van der Waals surface area contributed by atoms with Crippen LogP contribution in [0.4, 0.5) is 0 Å². The van der Waals surface area contributed by atoms with Gasteiger partial charge in [0.25, 0.3) is 0 Å². The molecular formula is C29H27BN2O2. The molecule has 3 heterocycles. The highest BCUT2D eigenvalue weighted by Crippen LogP contribution is 2.36. The monoisotopic (exact) mass is 446 g/mol. The Balaban J connectivity index is 1.32. The Hall–Kier alpha value is -3.73. The van der Waals surface area contributed by atoms with Gasteiger partial charge in [-0.05, 0) is 61.2 Å². The second kappa shape index (κ2) is 10.0. The Morgan fingerprint density at radius 1 is 0.882 bits per heavy atom. The Bertz CT molecular complexity index is 1270. The van der Waals surface area contributed by atoms with Crippen LogP contribution in [-0.2, 0) is 4.79 Å². The lowest BCUT2D eigenvalue weighted by Gasteiger charge is -2.26. The summed E-state index contributed by atoms with van der Waals surface area (Å²) in [6, 6.07) is 24.3. The molecule has 1 aliphatic heterocycles. The van der Waals surface area contributed by atoms with Gasteiger partial charge in [-0.15, -0.1) is 0 Å². The molecule has 5 heteroatoms. The molecule has 4 aromatic rings. The summed E-state index contributed by atoms with van der Waals surface area (Å²) in [7, 11) is 0. The Labute approximate surface area is 200 Å². The van der Waals surface area contributed by atoms with Gasteiger partial charge in [-0.3, -0.25) is 9.97 Å². The molecule has 168 valence electrons. The average Bonchev–Trinajstić information content (AvgIpc) is 2.90. The normalized spacial score (nSPS) is 14.6. The van der Waals surface area contributed by atoms with E-state index in [1.807, 2.05) is 55.6 Å². The van der Waals surface area contributed by atoms with Crippen LogP contribution < -0.4 is 4.74 Å². The molecule has 0 spiro atoms. The van der Waals surface area contributed by atoms with E-state index in [9.17, 15) is 4.79 Å². The molecule has 1 fully saturated rings. The number of rotatable bonds is 6. The van der Waals surface area contributed by atoms with Gasteiger partial charge in [0.05, 0.1) is 5.52 Å². The van der Waals surface area contributed by atoms with Crippen molar-refractivity contribution in [3.63, 3.8) is 0 Å². The Morgan fingerprint density at radius 3 is 2.41 bits per heavy atom. The number of benzene rings is 2. The standard InChI is InChI=1S/C29H27BN2O2/c1-21(34-27-13-5-12-26-25(27)11-7-19-32-26)29(33)30-16-14-23(15-17-30)28(22-8-3-2-4-9-22)24-10-6-18-31-20-24/h2-13,18-21H,14-17H2,1H3. The molecular weight excluding hydrogens is 419 g/mol. The first kappa shape index (κ1) is 22.1. The van der Waals surface area contributed by atoms with Crippen molar-refractivity contribution in [2.75, 3.05) is 0 Å². The zero-order valence-electron chi connectivity index (χ0n) is 19.4. The molecule has 1 saturated heterocycles. The fourth-order valence-electron chi connectivity index (χ4n) is 4.95. The van der Waals surface area contributed by atoms with Crippen LogP contribution in [0.3, 0.4) is 0 Å². The van der Waals surface area contributed by atoms with E-state index in [1.165, 1.54) is 16.7 Å². The van der Waals surface area contributed by atoms with E-state index in [1.54, 1.807) is 12.4 Å². The van der Waals surface area contributed by atoms with Crippen LogP contribution in [-0.4, -0.2) is 28.5 Å². The summed E-state index contributed by atoms with van der Waals surface area (Å²) in [5, 5.41) is 0.933. The number of carbonyl (C=O) groups is 1. The number of allylic oxidation sites excluding steroid dienone is 1. The summed E-state index contributed by atoms with van der Waals surface area (Å²) in [6.45, 7) is 1.88. The number of nitrogens with zero attached hydrogens (tertiary/aromatic N) is 2. The average molecular weight is 446 g/mol. The lowest BCUT2D eigenvalue weighted by atomic mass is 9.37. The largest absolute Gasteiger partial charge is 0.483 e. The van der Waals surface area contributed by atoms with E-state index in [2.05, 4.69) is 40.3 Å². The molecule has 5 rings (SSSR count). The van der Waals surface area contributed by atoms with Gasteiger partial charge in [0, 0.05) is 29.5 Å². The first-order valence-electron chi connectivity index (χ1n) is 11.9. The highest BCUT2D eigenvalue weighted by molar-refractivity contribution is 6.91. The molecule has 0 N–H and O–H groups in total. The second-order valence-corrected chi connectivity index (χ2v) is 8.85. The van der Waals surface area contributed by atoms with Crippen molar-refractivity contribution in [3.8, 4) is 5.75 Å². The zero-order valence-corrected chi connectivity index (χ0v) is 19.4. The maximum Gasteiger partial charge on any atom is 0.229 e. The zero-order chi connectivity index (χ0) is 23.3. The lowest BCUT2D eigenvalue weighted by Crippen LogP contribution is -2.38. The van der Waals surface area contributed by atoms with Crippen LogP contribution in [0.15, 0.2) is 97.0 Å². The van der Waals surface area contributed by atoms with E-state index in [0.29, 0.717) is 5.75 Å². The van der Waals surface area contributed by atoms with Crippen molar-refractivity contribution in [2.45, 2.75) is 38.5 Å². The Kier molecular flexibility index (Phi) is 6.52. The Morgan fingerprint density at radius 2 is 1.65 bits per heavy atom. The van der Waals surface area contributed by atoms with Crippen LogP contribution in [0.25, 0.3) is 16.5 Å². The van der Waals surface area contributed by atoms with Crippen molar-refractivity contribution in [2.24, 2.45) is 0 Å². The number of aromatic nitrogens is 2. The van der Waals surface area contributed by atoms with E-state index in [-0.39, 0.29) is 12.4 Å². The van der Waals surface area contributed by atoms with Crippen molar-refractivity contribution in [3.05, 3.63) is 108 Å². The number of ether oxygens (including phenoxy) is 1. The molecule has 0 saturated carbocycles. The van der Waals surface area contributed by atoms with Gasteiger partial charge in [-0.1, -0.05) is 60.7 Å². The second-order valence-electron chi connectivity index (χ2n) is 8.85. The summed E-state index contributed by atoms with van der Waals surface area (Å²) in [5.74, 6) is 0.714. The third-order valence-electron chi connectivity index (χ3n) is 6.67. The van der Waals surface area contributed by atoms with Crippen LogP contribution in [0.1, 0.15) is 30.9 Å². The van der Waals surface area contributed by atoms with E-state index in [0.717, 1.165) is 41.9 Å². The fourth-order valence-corrected chi connectivity index (χ4v) is 4.95. The molecule has 1 unspecified atom stereocenters. The fraction of sp³-hybridized carbons (Fsp3) is 0.207. The quantitative estimate of drug-likeness (QED) is 0.327. The van der Waals surface area contributed by atoms with Gasteiger partial charge in [0.2, 0.25) is 6.71 Å². The predicted molar refractivity (Wildman–Crippen MR) is 138 cm³/mol. The maximum atomic E-state index is 13.3. The van der Waals surface area contributed by atoms with Crippen LogP contribution in [0.2, 0.25) is 12.6 Å². The molecule has 0 amide bonds. The molecule has 0 radical (unpaired) electrons. The van der Waals surface area contributed by atoms with Crippen molar-refractivity contribution in [1.82, 2.24) is 9.97 Å². The number of hydrogen-bond donors (Lipinski definition) is 0. The van der Waals surface area contributed by atoms with E-state index < -0.39 is 6.10 Å². The summed E-state index contributed by atoms with van der Waals surface area (Å²) in [5.41, 5.74) is 6.05. The van der Waals surface area contributed by atoms with Crippen LogP contribution in [0.5, 0.6) is 5.75 Å². The van der Waals surface area contributed by atoms with Gasteiger partial charge < -0.3 is 9.53 Å². The minimum absolute atomic E-state index is 0.0118. The van der Waals surface area contributed by atoms with Gasteiger partial charge in [-0.2, -0.15) is 0 Å².